The Morgan fingerprint density at radius 2 is 1.77 bits per heavy atom. The highest BCUT2D eigenvalue weighted by Gasteiger charge is 2.64. The van der Waals surface area contributed by atoms with Gasteiger partial charge in [-0.25, -0.2) is 0 Å². The zero-order valence-electron chi connectivity index (χ0n) is 13.8. The lowest BCUT2D eigenvalue weighted by molar-refractivity contribution is -0.153. The van der Waals surface area contributed by atoms with Gasteiger partial charge in [-0.3, -0.25) is 9.59 Å². The first-order chi connectivity index (χ1) is 10.3. The molecule has 4 fully saturated rings. The number of carbonyl (C=O) groups is 2. The van der Waals surface area contributed by atoms with Crippen LogP contribution in [0, 0.1) is 28.6 Å². The van der Waals surface area contributed by atoms with Crippen LogP contribution in [0.4, 0.5) is 0 Å². The largest absolute Gasteiger partial charge is 0.338 e. The number of fused-ring (bicyclic) bond motifs is 5. The fourth-order valence-electron chi connectivity index (χ4n) is 6.56. The summed E-state index contributed by atoms with van der Waals surface area (Å²) in [6.07, 6.45) is 7.35. The molecule has 0 spiro atoms. The predicted octanol–water partition coefficient (Wildman–Crippen LogP) is 2.36. The minimum absolute atomic E-state index is 0.0171. The molecule has 3 saturated carbocycles. The zero-order chi connectivity index (χ0) is 15.8. The summed E-state index contributed by atoms with van der Waals surface area (Å²) < 4.78 is 0. The Labute approximate surface area is 132 Å². The highest BCUT2D eigenvalue weighted by atomic mass is 16.2. The van der Waals surface area contributed by atoms with Gasteiger partial charge in [0.25, 0.3) is 0 Å². The maximum absolute atomic E-state index is 12.4. The Balaban J connectivity index is 1.69. The van der Waals surface area contributed by atoms with E-state index >= 15 is 0 Å². The normalized spacial score (nSPS) is 54.2. The van der Waals surface area contributed by atoms with Crippen LogP contribution in [0.3, 0.4) is 0 Å². The lowest BCUT2D eigenvalue weighted by Crippen LogP contribution is -2.73. The number of nitrogens with one attached hydrogen (secondary N) is 1. The molecule has 5 unspecified atom stereocenters. The van der Waals surface area contributed by atoms with Crippen LogP contribution in [0.5, 0.6) is 0 Å². The first kappa shape index (κ1) is 14.7. The summed E-state index contributed by atoms with van der Waals surface area (Å²) in [6, 6.07) is 0. The molecule has 4 rings (SSSR count). The number of Topliss-reactive ketones (excluding diaryl/α,β-unsaturated/α-hetero) is 1. The molecule has 122 valence electrons. The van der Waals surface area contributed by atoms with E-state index in [1.165, 1.54) is 0 Å². The second-order valence-corrected chi connectivity index (χ2v) is 8.77. The predicted molar refractivity (Wildman–Crippen MR) is 83.7 cm³/mol. The molecule has 3 aliphatic carbocycles. The van der Waals surface area contributed by atoms with Gasteiger partial charge in [0.15, 0.2) is 0 Å². The van der Waals surface area contributed by atoms with Crippen LogP contribution in [0.2, 0.25) is 0 Å². The number of hydrogen-bond acceptors (Lipinski definition) is 3. The Hall–Kier alpha value is -0.900. The van der Waals surface area contributed by atoms with Gasteiger partial charge < -0.3 is 11.1 Å². The van der Waals surface area contributed by atoms with E-state index in [0.717, 1.165) is 44.9 Å². The summed E-state index contributed by atoms with van der Waals surface area (Å²) in [7, 11) is 0. The number of ketones is 1. The second-order valence-electron chi connectivity index (χ2n) is 8.77. The molecule has 3 N–H and O–H groups in total. The molecular weight excluding hydrogens is 276 g/mol. The van der Waals surface area contributed by atoms with E-state index < -0.39 is 5.66 Å². The quantitative estimate of drug-likeness (QED) is 0.721. The maximum atomic E-state index is 12.4. The third-order valence-electron chi connectivity index (χ3n) is 8.09. The van der Waals surface area contributed by atoms with Crippen molar-refractivity contribution in [2.45, 2.75) is 70.9 Å². The molecule has 0 bridgehead atoms. The van der Waals surface area contributed by atoms with E-state index in [1.54, 1.807) is 0 Å². The molecule has 0 aromatic heterocycles. The summed E-state index contributed by atoms with van der Waals surface area (Å²) in [5.41, 5.74) is 6.06. The van der Waals surface area contributed by atoms with Gasteiger partial charge in [-0.1, -0.05) is 13.8 Å². The highest BCUT2D eigenvalue weighted by Crippen LogP contribution is 2.64. The average Bonchev–Trinajstić information content (AvgIpc) is 2.76. The molecule has 1 aliphatic heterocycles. The molecule has 6 atom stereocenters. The van der Waals surface area contributed by atoms with Crippen LogP contribution in [-0.4, -0.2) is 17.4 Å². The number of carbonyl (C=O) groups excluding carboxylic acids is 2. The Kier molecular flexibility index (Phi) is 2.90. The van der Waals surface area contributed by atoms with E-state index in [-0.39, 0.29) is 16.7 Å². The van der Waals surface area contributed by atoms with E-state index in [4.69, 9.17) is 5.73 Å². The first-order valence-electron chi connectivity index (χ1n) is 8.93. The van der Waals surface area contributed by atoms with Crippen LogP contribution in [0.1, 0.15) is 65.2 Å². The average molecular weight is 304 g/mol. The minimum atomic E-state index is -0.542. The second kappa shape index (κ2) is 4.34. The van der Waals surface area contributed by atoms with Crippen molar-refractivity contribution in [3.63, 3.8) is 0 Å². The van der Waals surface area contributed by atoms with Gasteiger partial charge in [0, 0.05) is 23.7 Å². The van der Waals surface area contributed by atoms with Crippen molar-refractivity contribution in [1.82, 2.24) is 5.32 Å². The lowest BCUT2D eigenvalue weighted by atomic mass is 9.46. The molecule has 4 heteroatoms. The summed E-state index contributed by atoms with van der Waals surface area (Å²) in [5, 5.41) is 3.12. The number of piperidine rings is 1. The van der Waals surface area contributed by atoms with E-state index in [9.17, 15) is 9.59 Å². The smallest absolute Gasteiger partial charge is 0.221 e. The number of nitrogens with two attached hydrogens (primary N) is 1. The summed E-state index contributed by atoms with van der Waals surface area (Å²) in [4.78, 5) is 24.3. The fourth-order valence-corrected chi connectivity index (χ4v) is 6.56. The summed E-state index contributed by atoms with van der Waals surface area (Å²) in [6.45, 7) is 4.50. The van der Waals surface area contributed by atoms with Gasteiger partial charge in [0.05, 0.1) is 5.66 Å². The molecule has 1 amide bonds. The van der Waals surface area contributed by atoms with Gasteiger partial charge >= 0.3 is 0 Å². The van der Waals surface area contributed by atoms with Crippen molar-refractivity contribution < 1.29 is 9.59 Å². The number of hydrogen-bond donors (Lipinski definition) is 2. The van der Waals surface area contributed by atoms with Gasteiger partial charge in [-0.15, -0.1) is 0 Å². The third kappa shape index (κ3) is 1.62. The molecule has 0 radical (unpaired) electrons. The fraction of sp³-hybridized carbons (Fsp3) is 0.889. The molecule has 4 aliphatic rings. The summed E-state index contributed by atoms with van der Waals surface area (Å²) >= 11 is 0. The van der Waals surface area contributed by atoms with Crippen LogP contribution in [-0.2, 0) is 9.59 Å². The van der Waals surface area contributed by atoms with E-state index in [0.29, 0.717) is 30.0 Å². The maximum Gasteiger partial charge on any atom is 0.221 e. The molecule has 1 heterocycles. The zero-order valence-corrected chi connectivity index (χ0v) is 13.8. The van der Waals surface area contributed by atoms with Crippen molar-refractivity contribution in [1.29, 1.82) is 0 Å². The SMILES string of the molecule is CC12CCC3C(CC[C@@]4(N)NC(=O)CCC34C)C1CCC2=O. The van der Waals surface area contributed by atoms with Crippen molar-refractivity contribution in [3.8, 4) is 0 Å². The van der Waals surface area contributed by atoms with Crippen LogP contribution >= 0.6 is 0 Å². The van der Waals surface area contributed by atoms with Crippen molar-refractivity contribution in [2.24, 2.45) is 34.3 Å². The summed E-state index contributed by atoms with van der Waals surface area (Å²) in [5.74, 6) is 2.30. The van der Waals surface area contributed by atoms with Crippen molar-refractivity contribution in [3.05, 3.63) is 0 Å². The molecule has 0 aromatic rings. The topological polar surface area (TPSA) is 72.2 Å². The van der Waals surface area contributed by atoms with E-state index in [1.807, 2.05) is 0 Å². The highest BCUT2D eigenvalue weighted by molar-refractivity contribution is 5.87. The number of amides is 1. The molecule has 22 heavy (non-hydrogen) atoms. The van der Waals surface area contributed by atoms with Crippen molar-refractivity contribution >= 4 is 11.7 Å². The standard InChI is InChI=1S/C18H28N2O2/c1-16-8-6-13-11(12(16)3-4-14(16)21)5-10-18(19)17(13,2)9-7-15(22)20-18/h11-13H,3-10,19H2,1-2H3,(H,20,22)/t11?,12?,13?,16?,17?,18-/m1/s1. The molecule has 4 nitrogen and oxygen atoms in total. The molecule has 0 aromatic carbocycles. The van der Waals surface area contributed by atoms with Crippen LogP contribution < -0.4 is 11.1 Å². The molecule has 1 saturated heterocycles. The van der Waals surface area contributed by atoms with Crippen LogP contribution in [0.15, 0.2) is 0 Å². The van der Waals surface area contributed by atoms with Crippen LogP contribution in [0.25, 0.3) is 0 Å². The Bertz CT molecular complexity index is 547. The van der Waals surface area contributed by atoms with Gasteiger partial charge in [-0.05, 0) is 56.3 Å². The first-order valence-corrected chi connectivity index (χ1v) is 8.93. The Morgan fingerprint density at radius 1 is 1.00 bits per heavy atom. The number of rotatable bonds is 0. The third-order valence-corrected chi connectivity index (χ3v) is 8.09. The molecular formula is C18H28N2O2. The van der Waals surface area contributed by atoms with Gasteiger partial charge in [0.1, 0.15) is 5.78 Å². The van der Waals surface area contributed by atoms with Gasteiger partial charge in [0.2, 0.25) is 5.91 Å². The van der Waals surface area contributed by atoms with E-state index in [2.05, 4.69) is 19.2 Å². The van der Waals surface area contributed by atoms with Crippen molar-refractivity contribution in [2.75, 3.05) is 0 Å². The minimum Gasteiger partial charge on any atom is -0.338 e. The Morgan fingerprint density at radius 3 is 2.55 bits per heavy atom. The monoisotopic (exact) mass is 304 g/mol. The lowest BCUT2D eigenvalue weighted by Gasteiger charge is -2.63. The van der Waals surface area contributed by atoms with Gasteiger partial charge in [-0.2, -0.15) is 0 Å².